The molecule has 5 aromatic rings. The van der Waals surface area contributed by atoms with E-state index in [-0.39, 0.29) is 0 Å². The first-order valence-corrected chi connectivity index (χ1v) is 13.8. The average Bonchev–Trinajstić information content (AvgIpc) is 3.50. The van der Waals surface area contributed by atoms with Gasteiger partial charge in [0.2, 0.25) is 15.8 Å². The van der Waals surface area contributed by atoms with Crippen molar-refractivity contribution in [1.82, 2.24) is 14.7 Å². The van der Waals surface area contributed by atoms with Gasteiger partial charge in [0.05, 0.1) is 17.5 Å². The SMILES string of the molecule is CCC(c1ccc(Cl)cc1)(c1noc(-c2ccc(Cl)cc2)n1)n1ccc2c(NS(C)(=O)=O)cccc21. The number of hydrogen-bond donors (Lipinski definition) is 1. The number of nitrogens with one attached hydrogen (secondary N) is 1. The Labute approximate surface area is 218 Å². The summed E-state index contributed by atoms with van der Waals surface area (Å²) in [6.07, 6.45) is 3.61. The van der Waals surface area contributed by atoms with Gasteiger partial charge in [-0.2, -0.15) is 4.98 Å². The van der Waals surface area contributed by atoms with Crippen LogP contribution in [0.2, 0.25) is 10.0 Å². The molecule has 0 bridgehead atoms. The largest absolute Gasteiger partial charge is 0.334 e. The molecule has 0 radical (unpaired) electrons. The van der Waals surface area contributed by atoms with Crippen molar-refractivity contribution in [2.45, 2.75) is 18.9 Å². The van der Waals surface area contributed by atoms with E-state index < -0.39 is 15.6 Å². The molecule has 0 amide bonds. The second-order valence-electron chi connectivity index (χ2n) is 8.45. The lowest BCUT2D eigenvalue weighted by molar-refractivity contribution is 0.360. The monoisotopic (exact) mass is 540 g/mol. The third-order valence-corrected chi connectivity index (χ3v) is 7.25. The molecule has 0 aliphatic rings. The van der Waals surface area contributed by atoms with Gasteiger partial charge in [-0.25, -0.2) is 8.42 Å². The Morgan fingerprint density at radius 1 is 0.972 bits per heavy atom. The number of sulfonamides is 1. The first-order valence-electron chi connectivity index (χ1n) is 11.2. The smallest absolute Gasteiger partial charge is 0.258 e. The molecule has 2 heterocycles. The molecule has 7 nitrogen and oxygen atoms in total. The molecule has 5 rings (SSSR count). The molecule has 184 valence electrons. The van der Waals surface area contributed by atoms with Crippen molar-refractivity contribution in [3.8, 4) is 11.5 Å². The molecular weight excluding hydrogens is 519 g/mol. The van der Waals surface area contributed by atoms with E-state index in [1.54, 1.807) is 18.2 Å². The van der Waals surface area contributed by atoms with E-state index in [1.165, 1.54) is 0 Å². The molecule has 0 saturated heterocycles. The highest BCUT2D eigenvalue weighted by Gasteiger charge is 2.40. The van der Waals surface area contributed by atoms with Crippen LogP contribution in [0.15, 0.2) is 83.5 Å². The van der Waals surface area contributed by atoms with Crippen LogP contribution >= 0.6 is 23.2 Å². The first kappa shape index (κ1) is 24.4. The number of fused-ring (bicyclic) bond motifs is 1. The maximum atomic E-state index is 12.0. The highest BCUT2D eigenvalue weighted by Crippen LogP contribution is 2.41. The number of rotatable bonds is 7. The predicted octanol–water partition coefficient (Wildman–Crippen LogP) is 6.57. The van der Waals surface area contributed by atoms with Gasteiger partial charge in [0, 0.05) is 27.2 Å². The summed E-state index contributed by atoms with van der Waals surface area (Å²) in [5.41, 5.74) is 2.07. The summed E-state index contributed by atoms with van der Waals surface area (Å²) in [6, 6.07) is 22.1. The molecular formula is C26H22Cl2N4O3S. The summed E-state index contributed by atoms with van der Waals surface area (Å²) in [4.78, 5) is 4.81. The van der Waals surface area contributed by atoms with Gasteiger partial charge in [-0.05, 0) is 66.6 Å². The molecule has 10 heteroatoms. The van der Waals surface area contributed by atoms with E-state index in [0.717, 1.165) is 28.3 Å². The highest BCUT2D eigenvalue weighted by molar-refractivity contribution is 7.92. The van der Waals surface area contributed by atoms with Crippen LogP contribution in [0.25, 0.3) is 22.4 Å². The normalized spacial score (nSPS) is 13.6. The molecule has 0 saturated carbocycles. The summed E-state index contributed by atoms with van der Waals surface area (Å²) < 4.78 is 34.3. The maximum Gasteiger partial charge on any atom is 0.258 e. The van der Waals surface area contributed by atoms with E-state index >= 15 is 0 Å². The number of halogens is 2. The molecule has 0 aliphatic heterocycles. The van der Waals surface area contributed by atoms with Gasteiger partial charge in [0.25, 0.3) is 5.89 Å². The Morgan fingerprint density at radius 2 is 1.64 bits per heavy atom. The summed E-state index contributed by atoms with van der Waals surface area (Å²) in [5, 5.41) is 6.38. The van der Waals surface area contributed by atoms with Crippen LogP contribution in [0.4, 0.5) is 5.69 Å². The lowest BCUT2D eigenvalue weighted by Crippen LogP contribution is -2.36. The number of aromatic nitrogens is 3. The van der Waals surface area contributed by atoms with Crippen molar-refractivity contribution < 1.29 is 12.9 Å². The van der Waals surface area contributed by atoms with Gasteiger partial charge in [0.15, 0.2) is 0 Å². The van der Waals surface area contributed by atoms with Crippen molar-refractivity contribution in [2.24, 2.45) is 0 Å². The highest BCUT2D eigenvalue weighted by atomic mass is 35.5. The number of nitrogens with zero attached hydrogens (tertiary/aromatic N) is 3. The Bertz CT molecular complexity index is 1650. The summed E-state index contributed by atoms with van der Waals surface area (Å²) >= 11 is 12.3. The molecule has 2 aromatic heterocycles. The van der Waals surface area contributed by atoms with Crippen LogP contribution in [0.1, 0.15) is 24.7 Å². The summed E-state index contributed by atoms with van der Waals surface area (Å²) in [6.45, 7) is 2.04. The third kappa shape index (κ3) is 4.36. The second-order valence-corrected chi connectivity index (χ2v) is 11.1. The van der Waals surface area contributed by atoms with Gasteiger partial charge in [-0.3, -0.25) is 4.72 Å². The van der Waals surface area contributed by atoms with E-state index in [2.05, 4.69) is 14.4 Å². The lowest BCUT2D eigenvalue weighted by atomic mass is 9.85. The number of anilines is 1. The van der Waals surface area contributed by atoms with Crippen molar-refractivity contribution in [3.63, 3.8) is 0 Å². The van der Waals surface area contributed by atoms with Gasteiger partial charge in [-0.1, -0.05) is 53.5 Å². The molecule has 1 atom stereocenters. The Balaban J connectivity index is 1.75. The fourth-order valence-electron chi connectivity index (χ4n) is 4.52. The van der Waals surface area contributed by atoms with Gasteiger partial charge >= 0.3 is 0 Å². The van der Waals surface area contributed by atoms with Gasteiger partial charge in [-0.15, -0.1) is 0 Å². The summed E-state index contributed by atoms with van der Waals surface area (Å²) in [5.74, 6) is 0.820. The zero-order chi connectivity index (χ0) is 25.5. The molecule has 1 N–H and O–H groups in total. The standard InChI is InChI=1S/C26H22Cl2N4O3S/c1-3-26(18-9-13-20(28)14-10-18,25-29-24(35-30-25)17-7-11-19(27)12-8-17)32-16-15-21-22(31-36(2,33)34)5-4-6-23(21)32/h4-16,31H,3H2,1-2H3. The average molecular weight is 541 g/mol. The minimum Gasteiger partial charge on any atom is -0.334 e. The lowest BCUT2D eigenvalue weighted by Gasteiger charge is -2.33. The first-order chi connectivity index (χ1) is 17.2. The zero-order valence-electron chi connectivity index (χ0n) is 19.4. The maximum absolute atomic E-state index is 12.0. The quantitative estimate of drug-likeness (QED) is 0.252. The van der Waals surface area contributed by atoms with E-state index in [0.29, 0.717) is 33.9 Å². The second kappa shape index (κ2) is 9.28. The van der Waals surface area contributed by atoms with Crippen LogP contribution in [0.3, 0.4) is 0 Å². The topological polar surface area (TPSA) is 90.0 Å². The minimum absolute atomic E-state index is 0.365. The molecule has 3 aromatic carbocycles. The number of benzene rings is 3. The van der Waals surface area contributed by atoms with Gasteiger partial charge < -0.3 is 9.09 Å². The number of hydrogen-bond acceptors (Lipinski definition) is 5. The van der Waals surface area contributed by atoms with Crippen LogP contribution in [0, 0.1) is 0 Å². The van der Waals surface area contributed by atoms with Crippen LogP contribution in [-0.4, -0.2) is 29.4 Å². The molecule has 1 unspecified atom stereocenters. The zero-order valence-corrected chi connectivity index (χ0v) is 21.8. The third-order valence-electron chi connectivity index (χ3n) is 6.16. The minimum atomic E-state index is -3.46. The Morgan fingerprint density at radius 3 is 2.28 bits per heavy atom. The van der Waals surface area contributed by atoms with Crippen molar-refractivity contribution in [1.29, 1.82) is 0 Å². The van der Waals surface area contributed by atoms with E-state index in [9.17, 15) is 8.42 Å². The molecule has 0 fully saturated rings. The van der Waals surface area contributed by atoms with Crippen molar-refractivity contribution in [2.75, 3.05) is 11.0 Å². The fourth-order valence-corrected chi connectivity index (χ4v) is 5.35. The Hall–Kier alpha value is -3.33. The van der Waals surface area contributed by atoms with Crippen LogP contribution in [0.5, 0.6) is 0 Å². The molecule has 0 spiro atoms. The Kier molecular flexibility index (Phi) is 6.28. The fraction of sp³-hybridized carbons (Fsp3) is 0.154. The van der Waals surface area contributed by atoms with Crippen molar-refractivity contribution in [3.05, 3.63) is 100 Å². The van der Waals surface area contributed by atoms with Gasteiger partial charge in [0.1, 0.15) is 5.54 Å². The molecule has 36 heavy (non-hydrogen) atoms. The molecule has 0 aliphatic carbocycles. The van der Waals surface area contributed by atoms with Crippen molar-refractivity contribution >= 4 is 49.8 Å². The van der Waals surface area contributed by atoms with E-state index in [1.807, 2.05) is 67.7 Å². The summed E-state index contributed by atoms with van der Waals surface area (Å²) in [7, 11) is -3.46. The van der Waals surface area contributed by atoms with E-state index in [4.69, 9.17) is 32.7 Å². The van der Waals surface area contributed by atoms with Crippen LogP contribution < -0.4 is 4.72 Å². The predicted molar refractivity (Wildman–Crippen MR) is 143 cm³/mol. The van der Waals surface area contributed by atoms with Crippen LogP contribution in [-0.2, 0) is 15.6 Å².